The number of aliphatic carboxylic acids is 2. The van der Waals surface area contributed by atoms with E-state index in [9.17, 15) is 9.59 Å². The fourth-order valence-electron chi connectivity index (χ4n) is 0.504. The highest BCUT2D eigenvalue weighted by Crippen LogP contribution is 2.20. The first-order valence-corrected chi connectivity index (χ1v) is 2.95. The van der Waals surface area contributed by atoms with Crippen molar-refractivity contribution in [3.8, 4) is 0 Å². The van der Waals surface area contributed by atoms with Gasteiger partial charge in [0.25, 0.3) is 5.60 Å². The first kappa shape index (κ1) is 11.8. The number of carboxylic acids is 2. The minimum Gasteiger partial charge on any atom is -0.479 e. The maximum Gasteiger partial charge on any atom is 0.368 e. The van der Waals surface area contributed by atoms with E-state index < -0.39 is 29.9 Å². The van der Waals surface area contributed by atoms with Crippen LogP contribution in [0.25, 0.3) is 0 Å². The van der Waals surface area contributed by atoms with Gasteiger partial charge in [0.05, 0.1) is 6.61 Å². The average molecular weight is 196 g/mol. The molecule has 1 atom stereocenters. The zero-order valence-corrected chi connectivity index (χ0v) is 6.21. The molecule has 0 aromatic carbocycles. The molecule has 0 aliphatic heterocycles. The molecule has 1 unspecified atom stereocenters. The summed E-state index contributed by atoms with van der Waals surface area (Å²) in [6, 6.07) is 0. The predicted octanol–water partition coefficient (Wildman–Crippen LogP) is -3.44. The summed E-state index contributed by atoms with van der Waals surface area (Å²) in [6.45, 7) is -1.65. The third-order valence-electron chi connectivity index (χ3n) is 1.46. The summed E-state index contributed by atoms with van der Waals surface area (Å²) in [4.78, 5) is 20.3. The summed E-state index contributed by atoms with van der Waals surface area (Å²) in [5, 5.41) is 50.8. The van der Waals surface area contributed by atoms with Crippen molar-refractivity contribution in [2.75, 3.05) is 6.61 Å². The van der Waals surface area contributed by atoms with Crippen LogP contribution in [-0.2, 0) is 9.59 Å². The highest BCUT2D eigenvalue weighted by Gasteiger charge is 2.60. The van der Waals surface area contributed by atoms with E-state index in [2.05, 4.69) is 0 Å². The lowest BCUT2D eigenvalue weighted by Crippen LogP contribution is -2.65. The van der Waals surface area contributed by atoms with Gasteiger partial charge in [-0.25, -0.2) is 9.59 Å². The van der Waals surface area contributed by atoms with Crippen LogP contribution >= 0.6 is 0 Å². The number of rotatable bonds is 4. The van der Waals surface area contributed by atoms with Gasteiger partial charge >= 0.3 is 17.7 Å². The van der Waals surface area contributed by atoms with Gasteiger partial charge in [0.15, 0.2) is 0 Å². The van der Waals surface area contributed by atoms with Gasteiger partial charge in [0.1, 0.15) is 0 Å². The van der Waals surface area contributed by atoms with E-state index >= 15 is 0 Å². The molecule has 0 aliphatic carbocycles. The SMILES string of the molecule is O=C(O)C(O)(O)C(O)(CO)C(=O)O. The Morgan fingerprint density at radius 1 is 1.00 bits per heavy atom. The monoisotopic (exact) mass is 196 g/mol. The molecule has 0 saturated heterocycles. The molecule has 0 fully saturated rings. The summed E-state index contributed by atoms with van der Waals surface area (Å²) >= 11 is 0. The molecule has 0 rings (SSSR count). The maximum atomic E-state index is 10.2. The fourth-order valence-corrected chi connectivity index (χ4v) is 0.504. The average Bonchev–Trinajstić information content (AvgIpc) is 2.01. The zero-order chi connectivity index (χ0) is 10.9. The van der Waals surface area contributed by atoms with Gasteiger partial charge in [0.2, 0.25) is 0 Å². The molecule has 0 spiro atoms. The van der Waals surface area contributed by atoms with Gasteiger partial charge in [-0.15, -0.1) is 0 Å². The quantitative estimate of drug-likeness (QED) is 0.253. The predicted molar refractivity (Wildman–Crippen MR) is 34.5 cm³/mol. The first-order valence-electron chi connectivity index (χ1n) is 2.95. The van der Waals surface area contributed by atoms with Gasteiger partial charge in [-0.05, 0) is 0 Å². The van der Waals surface area contributed by atoms with Crippen LogP contribution in [0.1, 0.15) is 0 Å². The van der Waals surface area contributed by atoms with Gasteiger partial charge < -0.3 is 30.6 Å². The normalized spacial score (nSPS) is 16.3. The Hall–Kier alpha value is -1.22. The van der Waals surface area contributed by atoms with Crippen molar-refractivity contribution >= 4 is 11.9 Å². The second-order valence-corrected chi connectivity index (χ2v) is 2.30. The van der Waals surface area contributed by atoms with E-state index in [-0.39, 0.29) is 0 Å². The molecule has 8 nitrogen and oxygen atoms in total. The number of carbonyl (C=O) groups is 2. The molecule has 0 aliphatic rings. The molecule has 8 heteroatoms. The molecular weight excluding hydrogens is 188 g/mol. The minimum atomic E-state index is -3.95. The molecular formula is C5H8O8. The van der Waals surface area contributed by atoms with E-state index in [0.29, 0.717) is 0 Å². The third kappa shape index (κ3) is 1.60. The van der Waals surface area contributed by atoms with Crippen LogP contribution in [0.2, 0.25) is 0 Å². The number of aliphatic hydroxyl groups is 4. The lowest BCUT2D eigenvalue weighted by atomic mass is 9.94. The van der Waals surface area contributed by atoms with Crippen molar-refractivity contribution in [1.29, 1.82) is 0 Å². The second kappa shape index (κ2) is 3.26. The van der Waals surface area contributed by atoms with Crippen LogP contribution in [0.3, 0.4) is 0 Å². The van der Waals surface area contributed by atoms with Crippen molar-refractivity contribution in [1.82, 2.24) is 0 Å². The van der Waals surface area contributed by atoms with Gasteiger partial charge in [-0.1, -0.05) is 0 Å². The molecule has 0 aromatic rings. The Labute approximate surface area is 71.3 Å². The maximum absolute atomic E-state index is 10.2. The van der Waals surface area contributed by atoms with Gasteiger partial charge in [0, 0.05) is 0 Å². The number of hydrogen-bond donors (Lipinski definition) is 6. The Morgan fingerprint density at radius 3 is 1.46 bits per heavy atom. The molecule has 0 radical (unpaired) electrons. The van der Waals surface area contributed by atoms with Crippen LogP contribution in [0.5, 0.6) is 0 Å². The number of carboxylic acid groups (broad SMARTS) is 2. The van der Waals surface area contributed by atoms with Crippen molar-refractivity contribution in [3.05, 3.63) is 0 Å². The van der Waals surface area contributed by atoms with E-state index in [4.69, 9.17) is 30.6 Å². The highest BCUT2D eigenvalue weighted by molar-refractivity contribution is 5.89. The van der Waals surface area contributed by atoms with E-state index in [1.165, 1.54) is 0 Å². The Balaban J connectivity index is 5.19. The van der Waals surface area contributed by atoms with Crippen molar-refractivity contribution < 1.29 is 40.2 Å². The Bertz CT molecular complexity index is 233. The van der Waals surface area contributed by atoms with E-state index in [1.54, 1.807) is 0 Å². The molecule has 0 saturated carbocycles. The first-order chi connectivity index (χ1) is 5.70. The Kier molecular flexibility index (Phi) is 2.96. The van der Waals surface area contributed by atoms with Crippen molar-refractivity contribution in [2.24, 2.45) is 0 Å². The molecule has 0 bridgehead atoms. The molecule has 0 heterocycles. The summed E-state index contributed by atoms with van der Waals surface area (Å²) in [6.07, 6.45) is 0. The summed E-state index contributed by atoms with van der Waals surface area (Å²) in [7, 11) is 0. The smallest absolute Gasteiger partial charge is 0.368 e. The van der Waals surface area contributed by atoms with E-state index in [1.807, 2.05) is 0 Å². The minimum absolute atomic E-state index is 1.65. The van der Waals surface area contributed by atoms with Crippen LogP contribution in [0.4, 0.5) is 0 Å². The lowest BCUT2D eigenvalue weighted by Gasteiger charge is -2.30. The fraction of sp³-hybridized carbons (Fsp3) is 0.600. The molecule has 6 N–H and O–H groups in total. The van der Waals surface area contributed by atoms with Crippen LogP contribution < -0.4 is 0 Å². The third-order valence-corrected chi connectivity index (χ3v) is 1.46. The largest absolute Gasteiger partial charge is 0.479 e. The van der Waals surface area contributed by atoms with Gasteiger partial charge in [-0.3, -0.25) is 0 Å². The van der Waals surface area contributed by atoms with Crippen LogP contribution in [-0.4, -0.2) is 60.6 Å². The molecule has 76 valence electrons. The molecule has 0 amide bonds. The second-order valence-electron chi connectivity index (χ2n) is 2.30. The number of aliphatic hydroxyl groups excluding tert-OH is 1. The summed E-state index contributed by atoms with van der Waals surface area (Å²) in [5.41, 5.74) is -3.56. The lowest BCUT2D eigenvalue weighted by molar-refractivity contribution is -0.277. The van der Waals surface area contributed by atoms with Crippen LogP contribution in [0.15, 0.2) is 0 Å². The van der Waals surface area contributed by atoms with Gasteiger partial charge in [-0.2, -0.15) is 0 Å². The topological polar surface area (TPSA) is 156 Å². The summed E-state index contributed by atoms with van der Waals surface area (Å²) in [5.74, 6) is -8.60. The standard InChI is InChI=1S/C5H8O8/c6-1-4(11,2(7)8)5(12,13)3(9)10/h6,11-13H,1H2,(H,7,8)(H,9,10). The Morgan fingerprint density at radius 2 is 1.38 bits per heavy atom. The van der Waals surface area contributed by atoms with Crippen LogP contribution in [0, 0.1) is 0 Å². The molecule has 0 aromatic heterocycles. The van der Waals surface area contributed by atoms with Crippen molar-refractivity contribution in [2.45, 2.75) is 11.4 Å². The van der Waals surface area contributed by atoms with Crippen molar-refractivity contribution in [3.63, 3.8) is 0 Å². The summed E-state index contributed by atoms with van der Waals surface area (Å²) < 4.78 is 0. The van der Waals surface area contributed by atoms with E-state index in [0.717, 1.165) is 0 Å². The highest BCUT2D eigenvalue weighted by atomic mass is 16.6. The zero-order valence-electron chi connectivity index (χ0n) is 6.21. The molecule has 13 heavy (non-hydrogen) atoms. The number of hydrogen-bond acceptors (Lipinski definition) is 6.